The summed E-state index contributed by atoms with van der Waals surface area (Å²) in [5, 5.41) is 12.7. The van der Waals surface area contributed by atoms with E-state index in [2.05, 4.69) is 42.0 Å². The second-order valence-electron chi connectivity index (χ2n) is 3.54. The summed E-state index contributed by atoms with van der Waals surface area (Å²) in [6, 6.07) is 9.40. The van der Waals surface area contributed by atoms with Crippen molar-refractivity contribution in [3.05, 3.63) is 51.0 Å². The molecule has 0 fully saturated rings. The van der Waals surface area contributed by atoms with E-state index in [4.69, 9.17) is 10.9 Å². The molecule has 0 aliphatic carbocycles. The van der Waals surface area contributed by atoms with Crippen molar-refractivity contribution in [3.8, 4) is 0 Å². The number of pyridine rings is 1. The first-order valence-corrected chi connectivity index (χ1v) is 7.57. The van der Waals surface area contributed by atoms with Crippen molar-refractivity contribution in [1.82, 2.24) is 4.98 Å². The van der Waals surface area contributed by atoms with Gasteiger partial charge < -0.3 is 10.9 Å². The molecule has 1 aromatic heterocycles. The number of halogens is 2. The summed E-state index contributed by atoms with van der Waals surface area (Å²) in [5.41, 5.74) is 6.34. The largest absolute Gasteiger partial charge is 0.409 e. The Balaban J connectivity index is 2.37. The molecular formula is C12H9Br2N3OS. The van der Waals surface area contributed by atoms with Gasteiger partial charge in [0.2, 0.25) is 0 Å². The maximum atomic E-state index is 8.82. The van der Waals surface area contributed by atoms with Gasteiger partial charge in [0.25, 0.3) is 0 Å². The first-order valence-electron chi connectivity index (χ1n) is 5.17. The number of hydrogen-bond acceptors (Lipinski definition) is 4. The standard InChI is InChI=1S/C12H9Br2N3OS/c13-7-1-3-10(9(5-7)12(15)17-18)19-11-4-2-8(14)6-16-11/h1-6,18H,(H2,15,17). The Labute approximate surface area is 131 Å². The van der Waals surface area contributed by atoms with E-state index >= 15 is 0 Å². The highest BCUT2D eigenvalue weighted by Gasteiger charge is 2.10. The molecule has 0 aliphatic heterocycles. The molecule has 0 spiro atoms. The van der Waals surface area contributed by atoms with Gasteiger partial charge in [0.15, 0.2) is 5.84 Å². The van der Waals surface area contributed by atoms with Gasteiger partial charge >= 0.3 is 0 Å². The summed E-state index contributed by atoms with van der Waals surface area (Å²) in [4.78, 5) is 5.15. The summed E-state index contributed by atoms with van der Waals surface area (Å²) in [5.74, 6) is 0.0703. The topological polar surface area (TPSA) is 71.5 Å². The Morgan fingerprint density at radius 2 is 1.95 bits per heavy atom. The molecule has 3 N–H and O–H groups in total. The third-order valence-corrected chi connectivity index (χ3v) is 4.23. The number of hydrogen-bond donors (Lipinski definition) is 2. The normalized spacial score (nSPS) is 11.6. The second kappa shape index (κ2) is 6.40. The SMILES string of the molecule is N/C(=N/O)c1cc(Br)ccc1Sc1ccc(Br)cn1. The molecule has 0 radical (unpaired) electrons. The minimum Gasteiger partial charge on any atom is -0.409 e. The summed E-state index contributed by atoms with van der Waals surface area (Å²) >= 11 is 8.16. The molecule has 0 saturated carbocycles. The first-order chi connectivity index (χ1) is 9.10. The van der Waals surface area contributed by atoms with E-state index in [0.717, 1.165) is 18.9 Å². The Hall–Kier alpha value is -1.05. The van der Waals surface area contributed by atoms with Crippen molar-refractivity contribution in [2.24, 2.45) is 10.9 Å². The third kappa shape index (κ3) is 3.71. The van der Waals surface area contributed by atoms with Crippen LogP contribution in [0, 0.1) is 0 Å². The zero-order chi connectivity index (χ0) is 13.8. The quantitative estimate of drug-likeness (QED) is 0.354. The molecule has 0 atom stereocenters. The maximum absolute atomic E-state index is 8.82. The average Bonchev–Trinajstić information content (AvgIpc) is 2.42. The lowest BCUT2D eigenvalue weighted by Gasteiger charge is -2.08. The number of oxime groups is 1. The molecule has 0 unspecified atom stereocenters. The lowest BCUT2D eigenvalue weighted by Crippen LogP contribution is -2.14. The van der Waals surface area contributed by atoms with E-state index < -0.39 is 0 Å². The Morgan fingerprint density at radius 3 is 2.58 bits per heavy atom. The molecule has 4 nitrogen and oxygen atoms in total. The first kappa shape index (κ1) is 14.4. The summed E-state index contributed by atoms with van der Waals surface area (Å²) in [6.45, 7) is 0. The van der Waals surface area contributed by atoms with E-state index in [1.807, 2.05) is 24.3 Å². The van der Waals surface area contributed by atoms with E-state index in [0.29, 0.717) is 5.56 Å². The molecule has 0 amide bonds. The predicted molar refractivity (Wildman–Crippen MR) is 82.7 cm³/mol. The van der Waals surface area contributed by atoms with Gasteiger partial charge in [-0.2, -0.15) is 0 Å². The zero-order valence-electron chi connectivity index (χ0n) is 9.55. The van der Waals surface area contributed by atoms with Crippen LogP contribution in [0.2, 0.25) is 0 Å². The lowest BCUT2D eigenvalue weighted by molar-refractivity contribution is 0.318. The molecule has 1 heterocycles. The molecule has 1 aromatic carbocycles. The van der Waals surface area contributed by atoms with Crippen LogP contribution in [0.1, 0.15) is 5.56 Å². The van der Waals surface area contributed by atoms with Crippen molar-refractivity contribution in [2.45, 2.75) is 9.92 Å². The van der Waals surface area contributed by atoms with E-state index in [-0.39, 0.29) is 5.84 Å². The van der Waals surface area contributed by atoms with Gasteiger partial charge in [-0.25, -0.2) is 4.98 Å². The molecule has 0 saturated heterocycles. The maximum Gasteiger partial charge on any atom is 0.171 e. The van der Waals surface area contributed by atoms with Crippen LogP contribution in [0.3, 0.4) is 0 Å². The molecule has 19 heavy (non-hydrogen) atoms. The van der Waals surface area contributed by atoms with Gasteiger partial charge in [-0.3, -0.25) is 0 Å². The van der Waals surface area contributed by atoms with Crippen molar-refractivity contribution >= 4 is 49.5 Å². The zero-order valence-corrected chi connectivity index (χ0v) is 13.5. The second-order valence-corrected chi connectivity index (χ2v) is 6.44. The fraction of sp³-hybridized carbons (Fsp3) is 0. The van der Waals surface area contributed by atoms with Gasteiger partial charge in [0.1, 0.15) is 5.03 Å². The molecule has 7 heteroatoms. The lowest BCUT2D eigenvalue weighted by atomic mass is 10.2. The number of nitrogens with two attached hydrogens (primary N) is 1. The predicted octanol–water partition coefficient (Wildman–Crippen LogP) is 3.85. The minimum atomic E-state index is 0.0703. The number of nitrogens with zero attached hydrogens (tertiary/aromatic N) is 2. The molecule has 0 bridgehead atoms. The van der Waals surface area contributed by atoms with Crippen LogP contribution in [-0.4, -0.2) is 16.0 Å². The van der Waals surface area contributed by atoms with Crippen LogP contribution in [0.25, 0.3) is 0 Å². The highest BCUT2D eigenvalue weighted by atomic mass is 79.9. The fourth-order valence-electron chi connectivity index (χ4n) is 1.38. The van der Waals surface area contributed by atoms with Crippen LogP contribution < -0.4 is 5.73 Å². The monoisotopic (exact) mass is 401 g/mol. The van der Waals surface area contributed by atoms with Crippen molar-refractivity contribution in [3.63, 3.8) is 0 Å². The Morgan fingerprint density at radius 1 is 1.21 bits per heavy atom. The highest BCUT2D eigenvalue weighted by Crippen LogP contribution is 2.31. The molecule has 2 aromatic rings. The van der Waals surface area contributed by atoms with Crippen LogP contribution in [-0.2, 0) is 0 Å². The third-order valence-electron chi connectivity index (χ3n) is 2.24. The fourth-order valence-corrected chi connectivity index (χ4v) is 2.85. The van der Waals surface area contributed by atoms with Gasteiger partial charge in [-0.1, -0.05) is 32.8 Å². The molecular weight excluding hydrogens is 394 g/mol. The number of aromatic nitrogens is 1. The summed E-state index contributed by atoms with van der Waals surface area (Å²) in [6.07, 6.45) is 1.73. The Kier molecular flexibility index (Phi) is 4.84. The van der Waals surface area contributed by atoms with Gasteiger partial charge in [-0.05, 0) is 46.3 Å². The summed E-state index contributed by atoms with van der Waals surface area (Å²) in [7, 11) is 0. The van der Waals surface area contributed by atoms with E-state index in [1.54, 1.807) is 12.3 Å². The van der Waals surface area contributed by atoms with Gasteiger partial charge in [-0.15, -0.1) is 0 Å². The van der Waals surface area contributed by atoms with Gasteiger partial charge in [0.05, 0.1) is 0 Å². The average molecular weight is 403 g/mol. The van der Waals surface area contributed by atoms with Crippen LogP contribution in [0.15, 0.2) is 60.6 Å². The molecule has 98 valence electrons. The smallest absolute Gasteiger partial charge is 0.171 e. The molecule has 2 rings (SSSR count). The highest BCUT2D eigenvalue weighted by molar-refractivity contribution is 9.10. The van der Waals surface area contributed by atoms with Crippen molar-refractivity contribution in [1.29, 1.82) is 0 Å². The van der Waals surface area contributed by atoms with Crippen molar-refractivity contribution < 1.29 is 5.21 Å². The number of benzene rings is 1. The van der Waals surface area contributed by atoms with E-state index in [1.165, 1.54) is 11.8 Å². The number of amidine groups is 1. The van der Waals surface area contributed by atoms with Gasteiger partial charge in [0, 0.05) is 25.6 Å². The number of rotatable bonds is 3. The summed E-state index contributed by atoms with van der Waals surface area (Å²) < 4.78 is 1.78. The van der Waals surface area contributed by atoms with Crippen LogP contribution in [0.4, 0.5) is 0 Å². The Bertz CT molecular complexity index is 617. The molecule has 0 aliphatic rings. The van der Waals surface area contributed by atoms with E-state index in [9.17, 15) is 0 Å². The van der Waals surface area contributed by atoms with Crippen molar-refractivity contribution in [2.75, 3.05) is 0 Å². The minimum absolute atomic E-state index is 0.0703. The van der Waals surface area contributed by atoms with Crippen LogP contribution in [0.5, 0.6) is 0 Å². The van der Waals surface area contributed by atoms with Crippen LogP contribution >= 0.6 is 43.6 Å².